The zero-order valence-electron chi connectivity index (χ0n) is 16.1. The Morgan fingerprint density at radius 1 is 1.25 bits per heavy atom. The van der Waals surface area contributed by atoms with Gasteiger partial charge in [0, 0.05) is 4.88 Å². The molecule has 1 atom stereocenters. The Balaban J connectivity index is 1.56. The maximum absolute atomic E-state index is 13.0. The molecule has 1 aliphatic carbocycles. The standard InChI is InChI=1S/C22H25N3O2S/c1-2-8-17(15-9-4-3-5-10-15)24-19(26)13-25-14-23-21-20(22(25)27)16-11-6-7-12-18(16)28-21/h3-5,9-10,14,17H,2,6-8,11-13H2,1H3,(H,24,26)/t17-/m0/s1. The van der Waals surface area contributed by atoms with E-state index in [9.17, 15) is 9.59 Å². The summed E-state index contributed by atoms with van der Waals surface area (Å²) < 4.78 is 1.45. The molecule has 146 valence electrons. The van der Waals surface area contributed by atoms with Crippen LogP contribution in [0.1, 0.15) is 54.7 Å². The highest BCUT2D eigenvalue weighted by molar-refractivity contribution is 7.18. The van der Waals surface area contributed by atoms with Gasteiger partial charge in [-0.3, -0.25) is 14.2 Å². The van der Waals surface area contributed by atoms with Gasteiger partial charge in [-0.15, -0.1) is 11.3 Å². The molecule has 1 aromatic carbocycles. The summed E-state index contributed by atoms with van der Waals surface area (Å²) in [6.45, 7) is 2.10. The van der Waals surface area contributed by atoms with Gasteiger partial charge in [0.25, 0.3) is 5.56 Å². The molecule has 3 aromatic rings. The average Bonchev–Trinajstić information content (AvgIpc) is 3.10. The van der Waals surface area contributed by atoms with Crippen LogP contribution in [0.5, 0.6) is 0 Å². The van der Waals surface area contributed by atoms with Gasteiger partial charge in [-0.25, -0.2) is 4.98 Å². The van der Waals surface area contributed by atoms with Crippen molar-refractivity contribution in [2.24, 2.45) is 0 Å². The highest BCUT2D eigenvalue weighted by Crippen LogP contribution is 2.33. The van der Waals surface area contributed by atoms with Crippen LogP contribution in [0.25, 0.3) is 10.2 Å². The van der Waals surface area contributed by atoms with Crippen molar-refractivity contribution in [3.63, 3.8) is 0 Å². The van der Waals surface area contributed by atoms with Gasteiger partial charge in [0.05, 0.1) is 17.8 Å². The molecule has 6 heteroatoms. The first-order valence-corrected chi connectivity index (χ1v) is 10.8. The van der Waals surface area contributed by atoms with Gasteiger partial charge in [0.1, 0.15) is 11.4 Å². The van der Waals surface area contributed by atoms with Crippen molar-refractivity contribution >= 4 is 27.5 Å². The van der Waals surface area contributed by atoms with Crippen molar-refractivity contribution in [3.8, 4) is 0 Å². The number of carbonyl (C=O) groups excluding carboxylic acids is 1. The molecule has 0 saturated carbocycles. The number of hydrogen-bond acceptors (Lipinski definition) is 4. The monoisotopic (exact) mass is 395 g/mol. The van der Waals surface area contributed by atoms with Gasteiger partial charge in [0.2, 0.25) is 5.91 Å². The van der Waals surface area contributed by atoms with Crippen LogP contribution in [0.15, 0.2) is 41.5 Å². The third-order valence-corrected chi connectivity index (χ3v) is 6.57. The summed E-state index contributed by atoms with van der Waals surface area (Å²) in [5.41, 5.74) is 2.16. The number of nitrogens with one attached hydrogen (secondary N) is 1. The fourth-order valence-corrected chi connectivity index (χ4v) is 5.20. The van der Waals surface area contributed by atoms with E-state index in [2.05, 4.69) is 17.2 Å². The third kappa shape index (κ3) is 3.74. The van der Waals surface area contributed by atoms with Gasteiger partial charge in [-0.1, -0.05) is 43.7 Å². The molecule has 0 fully saturated rings. The number of fused-ring (bicyclic) bond motifs is 3. The summed E-state index contributed by atoms with van der Waals surface area (Å²) in [6, 6.07) is 9.94. The third-order valence-electron chi connectivity index (χ3n) is 5.37. The molecule has 2 aromatic heterocycles. The number of aryl methyl sites for hydroxylation is 2. The molecule has 4 rings (SSSR count). The summed E-state index contributed by atoms with van der Waals surface area (Å²) in [6.07, 6.45) is 7.61. The van der Waals surface area contributed by atoms with Crippen molar-refractivity contribution in [3.05, 3.63) is 63.0 Å². The molecule has 1 N–H and O–H groups in total. The number of benzene rings is 1. The molecule has 0 radical (unpaired) electrons. The van der Waals surface area contributed by atoms with E-state index in [0.717, 1.165) is 53.4 Å². The smallest absolute Gasteiger partial charge is 0.262 e. The van der Waals surface area contributed by atoms with Crippen molar-refractivity contribution in [2.45, 2.75) is 58.0 Å². The number of carbonyl (C=O) groups is 1. The second-order valence-corrected chi connectivity index (χ2v) is 8.47. The zero-order chi connectivity index (χ0) is 19.5. The summed E-state index contributed by atoms with van der Waals surface area (Å²) in [5, 5.41) is 3.82. The molecule has 2 heterocycles. The summed E-state index contributed by atoms with van der Waals surface area (Å²) in [4.78, 5) is 32.3. The number of hydrogen-bond donors (Lipinski definition) is 1. The van der Waals surface area contributed by atoms with Gasteiger partial charge >= 0.3 is 0 Å². The fourth-order valence-electron chi connectivity index (χ4n) is 3.98. The fraction of sp³-hybridized carbons (Fsp3) is 0.409. The molecule has 1 amide bonds. The Morgan fingerprint density at radius 2 is 2.04 bits per heavy atom. The topological polar surface area (TPSA) is 64.0 Å². The maximum atomic E-state index is 13.0. The van der Waals surface area contributed by atoms with Crippen LogP contribution >= 0.6 is 11.3 Å². The molecule has 0 spiro atoms. The lowest BCUT2D eigenvalue weighted by Crippen LogP contribution is -2.35. The lowest BCUT2D eigenvalue weighted by atomic mass is 9.97. The minimum Gasteiger partial charge on any atom is -0.348 e. The van der Waals surface area contributed by atoms with E-state index in [4.69, 9.17) is 0 Å². The lowest BCUT2D eigenvalue weighted by molar-refractivity contribution is -0.122. The first-order chi connectivity index (χ1) is 13.7. The van der Waals surface area contributed by atoms with Gasteiger partial charge < -0.3 is 5.32 Å². The number of nitrogens with zero attached hydrogens (tertiary/aromatic N) is 2. The molecule has 0 bridgehead atoms. The van der Waals surface area contributed by atoms with E-state index in [-0.39, 0.29) is 24.1 Å². The Labute approximate surface area is 168 Å². The lowest BCUT2D eigenvalue weighted by Gasteiger charge is -2.19. The molecule has 1 aliphatic rings. The van der Waals surface area contributed by atoms with Crippen LogP contribution < -0.4 is 10.9 Å². The number of aromatic nitrogens is 2. The van der Waals surface area contributed by atoms with Gasteiger partial charge in [-0.2, -0.15) is 0 Å². The molecule has 0 aliphatic heterocycles. The second kappa shape index (κ2) is 8.27. The van der Waals surface area contributed by atoms with Crippen LogP contribution in [0.4, 0.5) is 0 Å². The molecule has 5 nitrogen and oxygen atoms in total. The van der Waals surface area contributed by atoms with E-state index in [1.165, 1.54) is 22.2 Å². The minimum absolute atomic E-state index is 0.000554. The van der Waals surface area contributed by atoms with Crippen molar-refractivity contribution in [1.29, 1.82) is 0 Å². The van der Waals surface area contributed by atoms with Crippen LogP contribution in [-0.4, -0.2) is 15.5 Å². The largest absolute Gasteiger partial charge is 0.348 e. The van der Waals surface area contributed by atoms with Crippen LogP contribution in [0, 0.1) is 0 Å². The van der Waals surface area contributed by atoms with E-state index in [0.29, 0.717) is 0 Å². The Bertz CT molecular complexity index is 1040. The predicted molar refractivity (Wildman–Crippen MR) is 113 cm³/mol. The first kappa shape index (κ1) is 18.9. The minimum atomic E-state index is -0.158. The Hall–Kier alpha value is -2.47. The van der Waals surface area contributed by atoms with Gasteiger partial charge in [0.15, 0.2) is 0 Å². The molecule has 0 saturated heterocycles. The van der Waals surface area contributed by atoms with Crippen molar-refractivity contribution in [1.82, 2.24) is 14.9 Å². The number of amides is 1. The Kier molecular flexibility index (Phi) is 5.57. The van der Waals surface area contributed by atoms with E-state index < -0.39 is 0 Å². The summed E-state index contributed by atoms with van der Waals surface area (Å²) in [7, 11) is 0. The molecule has 28 heavy (non-hydrogen) atoms. The highest BCUT2D eigenvalue weighted by Gasteiger charge is 2.21. The number of thiophene rings is 1. The van der Waals surface area contributed by atoms with Crippen molar-refractivity contribution < 1.29 is 4.79 Å². The van der Waals surface area contributed by atoms with E-state index in [1.807, 2.05) is 30.3 Å². The Morgan fingerprint density at radius 3 is 2.82 bits per heavy atom. The maximum Gasteiger partial charge on any atom is 0.262 e. The van der Waals surface area contributed by atoms with Crippen LogP contribution in [0.3, 0.4) is 0 Å². The highest BCUT2D eigenvalue weighted by atomic mass is 32.1. The summed E-state index contributed by atoms with van der Waals surface area (Å²) >= 11 is 1.63. The second-order valence-electron chi connectivity index (χ2n) is 7.39. The van der Waals surface area contributed by atoms with Crippen molar-refractivity contribution in [2.75, 3.05) is 0 Å². The molecular weight excluding hydrogens is 370 g/mol. The SMILES string of the molecule is CCC[C@H](NC(=O)Cn1cnc2sc3c(c2c1=O)CCCC3)c1ccccc1. The molecular formula is C22H25N3O2S. The average molecular weight is 396 g/mol. The zero-order valence-corrected chi connectivity index (χ0v) is 16.9. The van der Waals surface area contributed by atoms with E-state index >= 15 is 0 Å². The quantitative estimate of drug-likeness (QED) is 0.686. The first-order valence-electron chi connectivity index (χ1n) is 10.0. The summed E-state index contributed by atoms with van der Waals surface area (Å²) in [5.74, 6) is -0.158. The predicted octanol–water partition coefficient (Wildman–Crippen LogP) is 3.99. The normalized spacial score (nSPS) is 14.6. The van der Waals surface area contributed by atoms with E-state index in [1.54, 1.807) is 11.3 Å². The molecule has 0 unspecified atom stereocenters. The number of rotatable bonds is 6. The van der Waals surface area contributed by atoms with Crippen LogP contribution in [0.2, 0.25) is 0 Å². The van der Waals surface area contributed by atoms with Gasteiger partial charge in [-0.05, 0) is 43.2 Å². The van der Waals surface area contributed by atoms with Crippen LogP contribution in [-0.2, 0) is 24.2 Å².